The van der Waals surface area contributed by atoms with Gasteiger partial charge < -0.3 is 9.67 Å². The molecule has 4 aromatic rings. The van der Waals surface area contributed by atoms with E-state index in [0.29, 0.717) is 5.02 Å². The van der Waals surface area contributed by atoms with Crippen molar-refractivity contribution in [1.82, 2.24) is 9.55 Å². The molecule has 0 aliphatic rings. The molecule has 0 fully saturated rings. The maximum Gasteiger partial charge on any atom is 0.0869 e. The number of rotatable bonds is 4. The Balaban J connectivity index is 2.06. The fourth-order valence-electron chi connectivity index (χ4n) is 3.65. The molecular formula is C22H19ClN2O. The summed E-state index contributed by atoms with van der Waals surface area (Å²) in [5.74, 6) is -0.141. The Hall–Kier alpha value is -2.62. The first-order valence-electron chi connectivity index (χ1n) is 8.55. The summed E-state index contributed by atoms with van der Waals surface area (Å²) < 4.78 is 2.12. The van der Waals surface area contributed by atoms with Gasteiger partial charge in [0.25, 0.3) is 0 Å². The molecule has 0 aliphatic heterocycles. The highest BCUT2D eigenvalue weighted by Gasteiger charge is 2.25. The lowest BCUT2D eigenvalue weighted by molar-refractivity contribution is 0.281. The zero-order valence-corrected chi connectivity index (χ0v) is 15.2. The van der Waals surface area contributed by atoms with Crippen molar-refractivity contribution in [1.29, 1.82) is 0 Å². The fraction of sp³-hybridized carbons (Fsp3) is 0.136. The molecule has 2 heterocycles. The van der Waals surface area contributed by atoms with Gasteiger partial charge in [0.1, 0.15) is 0 Å². The van der Waals surface area contributed by atoms with E-state index in [2.05, 4.69) is 21.7 Å². The zero-order chi connectivity index (χ0) is 18.1. The fourth-order valence-corrected chi connectivity index (χ4v) is 3.82. The molecule has 2 aromatic carbocycles. The smallest absolute Gasteiger partial charge is 0.0869 e. The first-order chi connectivity index (χ1) is 12.7. The largest absolute Gasteiger partial charge is 0.395 e. The Morgan fingerprint density at radius 1 is 1.04 bits per heavy atom. The number of aryl methyl sites for hydroxylation is 1. The molecule has 2 aromatic heterocycles. The van der Waals surface area contributed by atoms with Gasteiger partial charge in [-0.1, -0.05) is 54.1 Å². The van der Waals surface area contributed by atoms with Gasteiger partial charge in [-0.25, -0.2) is 0 Å². The predicted molar refractivity (Wildman–Crippen MR) is 107 cm³/mol. The number of hydrogen-bond donors (Lipinski definition) is 1. The molecule has 4 heteroatoms. The molecule has 0 aliphatic carbocycles. The van der Waals surface area contributed by atoms with Crippen LogP contribution in [0.4, 0.5) is 0 Å². The number of pyridine rings is 1. The lowest BCUT2D eigenvalue weighted by Gasteiger charge is -2.17. The van der Waals surface area contributed by atoms with Crippen molar-refractivity contribution >= 4 is 22.5 Å². The van der Waals surface area contributed by atoms with Gasteiger partial charge in [-0.3, -0.25) is 4.98 Å². The topological polar surface area (TPSA) is 38.0 Å². The molecular weight excluding hydrogens is 344 g/mol. The number of nitrogens with zero attached hydrogens (tertiary/aromatic N) is 2. The highest BCUT2D eigenvalue weighted by molar-refractivity contribution is 6.31. The molecule has 3 nitrogen and oxygen atoms in total. The van der Waals surface area contributed by atoms with E-state index in [1.807, 2.05) is 61.6 Å². The Kier molecular flexibility index (Phi) is 4.49. The van der Waals surface area contributed by atoms with Gasteiger partial charge in [0.15, 0.2) is 0 Å². The van der Waals surface area contributed by atoms with E-state index in [4.69, 9.17) is 11.6 Å². The van der Waals surface area contributed by atoms with E-state index < -0.39 is 0 Å². The third-order valence-electron chi connectivity index (χ3n) is 4.84. The lowest BCUT2D eigenvalue weighted by atomic mass is 9.89. The van der Waals surface area contributed by atoms with Crippen LogP contribution in [-0.2, 0) is 7.05 Å². The summed E-state index contributed by atoms with van der Waals surface area (Å²) in [5, 5.41) is 12.0. The van der Waals surface area contributed by atoms with Crippen LogP contribution in [0.2, 0.25) is 5.02 Å². The van der Waals surface area contributed by atoms with Crippen molar-refractivity contribution < 1.29 is 5.11 Å². The first kappa shape index (κ1) is 16.8. The molecule has 1 N–H and O–H groups in total. The van der Waals surface area contributed by atoms with Crippen molar-refractivity contribution in [2.24, 2.45) is 7.05 Å². The highest BCUT2D eigenvalue weighted by Crippen LogP contribution is 2.40. The minimum absolute atomic E-state index is 0.0194. The van der Waals surface area contributed by atoms with Crippen LogP contribution in [0.15, 0.2) is 72.9 Å². The number of aromatic nitrogens is 2. The second-order valence-corrected chi connectivity index (χ2v) is 6.78. The van der Waals surface area contributed by atoms with E-state index >= 15 is 0 Å². The Labute approximate surface area is 157 Å². The molecule has 0 spiro atoms. The van der Waals surface area contributed by atoms with Gasteiger partial charge in [0, 0.05) is 29.6 Å². The SMILES string of the molecule is Cn1c(-c2ccccn2)c(C(CO)c2ccccc2)c2ccc(Cl)cc21. The normalized spacial score (nSPS) is 12.4. The quantitative estimate of drug-likeness (QED) is 0.553. The number of aliphatic hydroxyl groups is 1. The average Bonchev–Trinajstić information content (AvgIpc) is 2.96. The molecule has 0 saturated heterocycles. The first-order valence-corrected chi connectivity index (χ1v) is 8.93. The van der Waals surface area contributed by atoms with Crippen molar-refractivity contribution in [2.45, 2.75) is 5.92 Å². The third kappa shape index (κ3) is 2.79. The van der Waals surface area contributed by atoms with Gasteiger partial charge in [-0.2, -0.15) is 0 Å². The van der Waals surface area contributed by atoms with E-state index in [-0.39, 0.29) is 12.5 Å². The number of aliphatic hydroxyl groups excluding tert-OH is 1. The third-order valence-corrected chi connectivity index (χ3v) is 5.08. The van der Waals surface area contributed by atoms with Crippen LogP contribution >= 0.6 is 11.6 Å². The number of halogens is 1. The van der Waals surface area contributed by atoms with Crippen LogP contribution in [0, 0.1) is 0 Å². The molecule has 0 bridgehead atoms. The molecule has 0 amide bonds. The molecule has 1 unspecified atom stereocenters. The summed E-state index contributed by atoms with van der Waals surface area (Å²) >= 11 is 6.25. The minimum atomic E-state index is -0.141. The Morgan fingerprint density at radius 3 is 2.50 bits per heavy atom. The summed E-state index contributed by atoms with van der Waals surface area (Å²) in [7, 11) is 2.02. The lowest BCUT2D eigenvalue weighted by Crippen LogP contribution is -2.08. The standard InChI is InChI=1S/C22H19ClN2O/c1-25-20-13-16(23)10-11-17(20)21(22(25)19-9-5-6-12-24-19)18(14-26)15-7-3-2-4-8-15/h2-13,18,26H,14H2,1H3. The summed E-state index contributed by atoms with van der Waals surface area (Å²) in [6.45, 7) is 0.0194. The second-order valence-electron chi connectivity index (χ2n) is 6.34. The molecule has 130 valence electrons. The molecule has 0 radical (unpaired) electrons. The Morgan fingerprint density at radius 2 is 1.81 bits per heavy atom. The van der Waals surface area contributed by atoms with E-state index in [1.165, 1.54) is 0 Å². The molecule has 4 rings (SSSR count). The van der Waals surface area contributed by atoms with Crippen molar-refractivity contribution in [2.75, 3.05) is 6.61 Å². The van der Waals surface area contributed by atoms with Gasteiger partial charge in [0.05, 0.1) is 23.5 Å². The van der Waals surface area contributed by atoms with Gasteiger partial charge in [-0.15, -0.1) is 0 Å². The summed E-state index contributed by atoms with van der Waals surface area (Å²) in [4.78, 5) is 4.56. The van der Waals surface area contributed by atoms with Gasteiger partial charge >= 0.3 is 0 Å². The summed E-state index contributed by atoms with van der Waals surface area (Å²) in [6, 6.07) is 21.9. The zero-order valence-electron chi connectivity index (χ0n) is 14.4. The molecule has 0 saturated carbocycles. The Bertz CT molecular complexity index is 1040. The minimum Gasteiger partial charge on any atom is -0.395 e. The predicted octanol–water partition coefficient (Wildman–Crippen LogP) is 5.02. The van der Waals surface area contributed by atoms with E-state index in [0.717, 1.165) is 33.4 Å². The van der Waals surface area contributed by atoms with Crippen LogP contribution in [0.5, 0.6) is 0 Å². The summed E-state index contributed by atoms with van der Waals surface area (Å²) in [6.07, 6.45) is 1.79. The summed E-state index contributed by atoms with van der Waals surface area (Å²) in [5.41, 5.74) is 5.07. The van der Waals surface area contributed by atoms with E-state index in [1.54, 1.807) is 6.20 Å². The van der Waals surface area contributed by atoms with Crippen LogP contribution in [0.1, 0.15) is 17.0 Å². The van der Waals surface area contributed by atoms with Crippen LogP contribution in [0.25, 0.3) is 22.3 Å². The highest BCUT2D eigenvalue weighted by atomic mass is 35.5. The number of fused-ring (bicyclic) bond motifs is 1. The van der Waals surface area contributed by atoms with Crippen molar-refractivity contribution in [3.8, 4) is 11.4 Å². The average molecular weight is 363 g/mol. The van der Waals surface area contributed by atoms with Crippen LogP contribution in [-0.4, -0.2) is 21.3 Å². The van der Waals surface area contributed by atoms with Gasteiger partial charge in [0.2, 0.25) is 0 Å². The number of benzene rings is 2. The monoisotopic (exact) mass is 362 g/mol. The maximum absolute atomic E-state index is 10.3. The van der Waals surface area contributed by atoms with E-state index in [9.17, 15) is 5.11 Å². The van der Waals surface area contributed by atoms with Gasteiger partial charge in [-0.05, 0) is 35.4 Å². The number of hydrogen-bond acceptors (Lipinski definition) is 2. The molecule has 26 heavy (non-hydrogen) atoms. The molecule has 1 atom stereocenters. The van der Waals surface area contributed by atoms with Crippen LogP contribution < -0.4 is 0 Å². The van der Waals surface area contributed by atoms with Crippen molar-refractivity contribution in [3.63, 3.8) is 0 Å². The second kappa shape index (κ2) is 6.94. The van der Waals surface area contributed by atoms with Crippen LogP contribution in [0.3, 0.4) is 0 Å². The van der Waals surface area contributed by atoms with Crippen molar-refractivity contribution in [3.05, 3.63) is 89.1 Å². The maximum atomic E-state index is 10.3.